The standard InChI is InChI=1S/C22H35NO2/c1-3-4-5-6-7-8-9-10-11-12-13-14-17-20-18-15-16-19-21(20)22(24)23(2)25/h14-19,25H,3-13H2,1-2H3. The van der Waals surface area contributed by atoms with Crippen LogP contribution in [0.4, 0.5) is 0 Å². The first-order valence-electron chi connectivity index (χ1n) is 9.89. The molecule has 140 valence electrons. The van der Waals surface area contributed by atoms with E-state index in [-0.39, 0.29) is 5.91 Å². The molecule has 0 radical (unpaired) electrons. The van der Waals surface area contributed by atoms with Crippen molar-refractivity contribution in [3.8, 4) is 0 Å². The Bertz CT molecular complexity index is 509. The summed E-state index contributed by atoms with van der Waals surface area (Å²) in [5, 5.41) is 9.97. The van der Waals surface area contributed by atoms with Crippen LogP contribution in [0.3, 0.4) is 0 Å². The predicted molar refractivity (Wildman–Crippen MR) is 106 cm³/mol. The summed E-state index contributed by atoms with van der Waals surface area (Å²) in [4.78, 5) is 11.9. The summed E-state index contributed by atoms with van der Waals surface area (Å²) < 4.78 is 0. The van der Waals surface area contributed by atoms with E-state index in [0.29, 0.717) is 10.6 Å². The summed E-state index contributed by atoms with van der Waals surface area (Å²) in [5.74, 6) is -0.376. The third-order valence-corrected chi connectivity index (χ3v) is 4.51. The quantitative estimate of drug-likeness (QED) is 0.253. The molecule has 0 spiro atoms. The maximum absolute atomic E-state index is 11.9. The molecule has 0 unspecified atom stereocenters. The second kappa shape index (κ2) is 13.7. The first-order chi connectivity index (χ1) is 12.2. The van der Waals surface area contributed by atoms with Gasteiger partial charge in [-0.25, -0.2) is 5.06 Å². The maximum atomic E-state index is 11.9. The summed E-state index contributed by atoms with van der Waals surface area (Å²) in [6.45, 7) is 2.26. The third-order valence-electron chi connectivity index (χ3n) is 4.51. The van der Waals surface area contributed by atoms with Gasteiger partial charge in [-0.2, -0.15) is 0 Å². The highest BCUT2D eigenvalue weighted by Gasteiger charge is 2.11. The molecule has 1 aromatic rings. The highest BCUT2D eigenvalue weighted by atomic mass is 16.5. The molecule has 1 aromatic carbocycles. The van der Waals surface area contributed by atoms with E-state index in [1.165, 1.54) is 71.3 Å². The smallest absolute Gasteiger partial charge is 0.277 e. The van der Waals surface area contributed by atoms with E-state index < -0.39 is 0 Å². The van der Waals surface area contributed by atoms with Crippen molar-refractivity contribution < 1.29 is 10.0 Å². The fourth-order valence-corrected chi connectivity index (χ4v) is 2.97. The molecule has 0 bridgehead atoms. The van der Waals surface area contributed by atoms with Crippen molar-refractivity contribution >= 4 is 12.0 Å². The molecule has 1 N–H and O–H groups in total. The molecule has 0 aliphatic carbocycles. The van der Waals surface area contributed by atoms with Crippen molar-refractivity contribution in [2.24, 2.45) is 0 Å². The summed E-state index contributed by atoms with van der Waals surface area (Å²) in [5.41, 5.74) is 1.40. The number of nitrogens with zero attached hydrogens (tertiary/aromatic N) is 1. The molecule has 1 rings (SSSR count). The van der Waals surface area contributed by atoms with Gasteiger partial charge in [0.1, 0.15) is 0 Å². The molecule has 0 saturated carbocycles. The van der Waals surface area contributed by atoms with Crippen LogP contribution in [0.25, 0.3) is 6.08 Å². The van der Waals surface area contributed by atoms with Gasteiger partial charge in [0, 0.05) is 12.6 Å². The van der Waals surface area contributed by atoms with Crippen molar-refractivity contribution in [3.05, 3.63) is 41.5 Å². The third kappa shape index (κ3) is 9.45. The average Bonchev–Trinajstić information content (AvgIpc) is 2.62. The van der Waals surface area contributed by atoms with Crippen molar-refractivity contribution in [1.82, 2.24) is 5.06 Å². The van der Waals surface area contributed by atoms with Crippen LogP contribution in [0.5, 0.6) is 0 Å². The molecule has 3 heteroatoms. The van der Waals surface area contributed by atoms with Crippen LogP contribution >= 0.6 is 0 Å². The van der Waals surface area contributed by atoms with E-state index in [9.17, 15) is 10.0 Å². The molecule has 25 heavy (non-hydrogen) atoms. The van der Waals surface area contributed by atoms with Gasteiger partial charge in [-0.1, -0.05) is 95.1 Å². The molecule has 0 aliphatic rings. The minimum absolute atomic E-state index is 0.376. The molecule has 0 heterocycles. The van der Waals surface area contributed by atoms with Gasteiger partial charge >= 0.3 is 0 Å². The van der Waals surface area contributed by atoms with Crippen molar-refractivity contribution in [2.45, 2.75) is 77.6 Å². The molecule has 0 fully saturated rings. The molecule has 1 amide bonds. The number of rotatable bonds is 13. The van der Waals surface area contributed by atoms with E-state index in [4.69, 9.17) is 0 Å². The highest BCUT2D eigenvalue weighted by molar-refractivity contribution is 5.96. The summed E-state index contributed by atoms with van der Waals surface area (Å²) >= 11 is 0. The van der Waals surface area contributed by atoms with Crippen LogP contribution in [0.1, 0.15) is 93.5 Å². The van der Waals surface area contributed by atoms with Gasteiger partial charge in [0.15, 0.2) is 0 Å². The van der Waals surface area contributed by atoms with Crippen molar-refractivity contribution in [3.63, 3.8) is 0 Å². The first kappa shape index (κ1) is 21.4. The average molecular weight is 346 g/mol. The molecule has 3 nitrogen and oxygen atoms in total. The second-order valence-corrected chi connectivity index (χ2v) is 6.79. The Hall–Kier alpha value is -1.61. The van der Waals surface area contributed by atoms with Gasteiger partial charge in [-0.15, -0.1) is 0 Å². The Morgan fingerprint density at radius 1 is 0.960 bits per heavy atom. The predicted octanol–water partition coefficient (Wildman–Crippen LogP) is 6.47. The lowest BCUT2D eigenvalue weighted by atomic mass is 10.0. The van der Waals surface area contributed by atoms with Crippen LogP contribution < -0.4 is 0 Å². The minimum Gasteiger partial charge on any atom is -0.286 e. The van der Waals surface area contributed by atoms with E-state index in [1.807, 2.05) is 24.3 Å². The SMILES string of the molecule is CCCCCCCCCCCCC=Cc1ccccc1C(=O)N(C)O. The molecular formula is C22H35NO2. The Kier molecular flexibility index (Phi) is 11.7. The number of amides is 1. The Morgan fingerprint density at radius 3 is 2.12 bits per heavy atom. The normalized spacial score (nSPS) is 11.2. The number of carbonyl (C=O) groups excluding carboxylic acids is 1. The van der Waals surface area contributed by atoms with E-state index in [0.717, 1.165) is 12.0 Å². The monoisotopic (exact) mass is 345 g/mol. The number of unbranched alkanes of at least 4 members (excludes halogenated alkanes) is 10. The van der Waals surface area contributed by atoms with Gasteiger partial charge in [0.05, 0.1) is 0 Å². The largest absolute Gasteiger partial charge is 0.286 e. The minimum atomic E-state index is -0.376. The van der Waals surface area contributed by atoms with Gasteiger partial charge in [0.2, 0.25) is 0 Å². The number of hydrogen-bond acceptors (Lipinski definition) is 2. The molecule has 0 aliphatic heterocycles. The zero-order valence-electron chi connectivity index (χ0n) is 16.0. The van der Waals surface area contributed by atoms with Gasteiger partial charge in [-0.05, 0) is 24.5 Å². The summed E-state index contributed by atoms with van der Waals surface area (Å²) in [6.07, 6.45) is 18.6. The Morgan fingerprint density at radius 2 is 1.52 bits per heavy atom. The molecular weight excluding hydrogens is 310 g/mol. The fourth-order valence-electron chi connectivity index (χ4n) is 2.97. The zero-order valence-corrected chi connectivity index (χ0v) is 16.0. The Balaban J connectivity index is 2.17. The van der Waals surface area contributed by atoms with Crippen LogP contribution in [-0.2, 0) is 0 Å². The van der Waals surface area contributed by atoms with Crippen molar-refractivity contribution in [2.75, 3.05) is 7.05 Å². The lowest BCUT2D eigenvalue weighted by Gasteiger charge is -2.10. The summed E-state index contributed by atoms with van der Waals surface area (Å²) in [6, 6.07) is 7.38. The van der Waals surface area contributed by atoms with Crippen LogP contribution in [0, 0.1) is 0 Å². The van der Waals surface area contributed by atoms with Crippen LogP contribution in [0.2, 0.25) is 0 Å². The van der Waals surface area contributed by atoms with Crippen molar-refractivity contribution in [1.29, 1.82) is 0 Å². The fraction of sp³-hybridized carbons (Fsp3) is 0.591. The maximum Gasteiger partial charge on any atom is 0.277 e. The first-order valence-corrected chi connectivity index (χ1v) is 9.89. The molecule has 0 aromatic heterocycles. The zero-order chi connectivity index (χ0) is 18.3. The number of hydrogen-bond donors (Lipinski definition) is 1. The number of carbonyl (C=O) groups is 1. The molecule has 0 saturated heterocycles. The van der Waals surface area contributed by atoms with Crippen LogP contribution in [0.15, 0.2) is 30.3 Å². The van der Waals surface area contributed by atoms with Gasteiger partial charge in [-0.3, -0.25) is 10.0 Å². The topological polar surface area (TPSA) is 40.5 Å². The highest BCUT2D eigenvalue weighted by Crippen LogP contribution is 2.15. The lowest BCUT2D eigenvalue weighted by molar-refractivity contribution is -0.0375. The number of hydroxylamine groups is 2. The van der Waals surface area contributed by atoms with E-state index >= 15 is 0 Å². The van der Waals surface area contributed by atoms with Gasteiger partial charge < -0.3 is 0 Å². The summed E-state index contributed by atoms with van der Waals surface area (Å²) in [7, 11) is 1.35. The Labute approximate surface area is 153 Å². The van der Waals surface area contributed by atoms with Crippen LogP contribution in [-0.4, -0.2) is 23.2 Å². The number of allylic oxidation sites excluding steroid dienone is 1. The van der Waals surface area contributed by atoms with Gasteiger partial charge in [0.25, 0.3) is 5.91 Å². The lowest BCUT2D eigenvalue weighted by Crippen LogP contribution is -2.23. The molecule has 0 atom stereocenters. The number of benzene rings is 1. The van der Waals surface area contributed by atoms with E-state index in [1.54, 1.807) is 6.07 Å². The van der Waals surface area contributed by atoms with E-state index in [2.05, 4.69) is 13.0 Å². The second-order valence-electron chi connectivity index (χ2n) is 6.79.